The van der Waals surface area contributed by atoms with E-state index < -0.39 is 6.04 Å². The number of amides is 2. The zero-order valence-corrected chi connectivity index (χ0v) is 17.5. The van der Waals surface area contributed by atoms with Crippen LogP contribution >= 0.6 is 31.9 Å². The molecule has 0 bridgehead atoms. The lowest BCUT2D eigenvalue weighted by atomic mass is 10.3. The van der Waals surface area contributed by atoms with Gasteiger partial charge in [0.2, 0.25) is 5.91 Å². The molecule has 0 saturated carbocycles. The molecule has 0 saturated heterocycles. The molecule has 27 heavy (non-hydrogen) atoms. The first-order valence-corrected chi connectivity index (χ1v) is 9.69. The standard InChI is InChI=1S/C19H16Br2N4O2/c1-12(18(26)22-15-6-2-13(20)3-7-15)25-11-10-17(24-25)19(27)23-16-8-4-14(21)5-9-16/h2-12H,1H3,(H,22,26)(H,23,27)/t12-/m0/s1. The summed E-state index contributed by atoms with van der Waals surface area (Å²) in [5, 5.41) is 9.82. The molecule has 6 nitrogen and oxygen atoms in total. The summed E-state index contributed by atoms with van der Waals surface area (Å²) in [5.41, 5.74) is 1.59. The van der Waals surface area contributed by atoms with Crippen LogP contribution < -0.4 is 10.6 Å². The van der Waals surface area contributed by atoms with Gasteiger partial charge in [-0.15, -0.1) is 0 Å². The Bertz CT molecular complexity index is 953. The second kappa shape index (κ2) is 8.49. The predicted octanol–water partition coefficient (Wildman–Crippen LogP) is 4.86. The van der Waals surface area contributed by atoms with Crippen molar-refractivity contribution in [3.8, 4) is 0 Å². The topological polar surface area (TPSA) is 76.0 Å². The largest absolute Gasteiger partial charge is 0.324 e. The fourth-order valence-electron chi connectivity index (χ4n) is 2.30. The van der Waals surface area contributed by atoms with Gasteiger partial charge >= 0.3 is 0 Å². The highest BCUT2D eigenvalue weighted by atomic mass is 79.9. The average molecular weight is 492 g/mol. The first-order chi connectivity index (χ1) is 12.9. The lowest BCUT2D eigenvalue weighted by Gasteiger charge is -2.12. The molecule has 3 aromatic rings. The molecule has 3 rings (SSSR count). The van der Waals surface area contributed by atoms with E-state index >= 15 is 0 Å². The number of halogens is 2. The molecule has 0 aliphatic rings. The van der Waals surface area contributed by atoms with E-state index in [1.165, 1.54) is 4.68 Å². The summed E-state index contributed by atoms with van der Waals surface area (Å²) in [4.78, 5) is 24.7. The Morgan fingerprint density at radius 1 is 0.889 bits per heavy atom. The third-order valence-electron chi connectivity index (χ3n) is 3.83. The Balaban J connectivity index is 1.64. The third kappa shape index (κ3) is 5.05. The molecule has 0 aliphatic heterocycles. The van der Waals surface area contributed by atoms with Crippen LogP contribution in [0.15, 0.2) is 69.7 Å². The van der Waals surface area contributed by atoms with Crippen LogP contribution in [0.2, 0.25) is 0 Å². The van der Waals surface area contributed by atoms with Crippen molar-refractivity contribution in [2.75, 3.05) is 10.6 Å². The molecule has 2 amide bonds. The van der Waals surface area contributed by atoms with Crippen molar-refractivity contribution in [1.29, 1.82) is 0 Å². The Morgan fingerprint density at radius 3 is 1.96 bits per heavy atom. The van der Waals surface area contributed by atoms with Crippen molar-refractivity contribution in [3.63, 3.8) is 0 Å². The number of nitrogens with zero attached hydrogens (tertiary/aromatic N) is 2. The lowest BCUT2D eigenvalue weighted by Crippen LogP contribution is -2.24. The maximum absolute atomic E-state index is 12.4. The fourth-order valence-corrected chi connectivity index (χ4v) is 2.83. The Labute approximate surface area is 173 Å². The summed E-state index contributed by atoms with van der Waals surface area (Å²) in [6.45, 7) is 1.72. The van der Waals surface area contributed by atoms with E-state index in [0.717, 1.165) is 8.95 Å². The summed E-state index contributed by atoms with van der Waals surface area (Å²) >= 11 is 6.70. The molecule has 0 fully saturated rings. The number of hydrogen-bond donors (Lipinski definition) is 2. The molecule has 2 N–H and O–H groups in total. The van der Waals surface area contributed by atoms with E-state index in [-0.39, 0.29) is 17.5 Å². The molecule has 2 aromatic carbocycles. The van der Waals surface area contributed by atoms with E-state index in [2.05, 4.69) is 47.6 Å². The lowest BCUT2D eigenvalue weighted by molar-refractivity contribution is -0.119. The van der Waals surface area contributed by atoms with Gasteiger partial charge in [-0.1, -0.05) is 31.9 Å². The van der Waals surface area contributed by atoms with E-state index in [1.807, 2.05) is 24.3 Å². The van der Waals surface area contributed by atoms with Gasteiger partial charge in [0.1, 0.15) is 6.04 Å². The average Bonchev–Trinajstić information content (AvgIpc) is 3.15. The maximum Gasteiger partial charge on any atom is 0.276 e. The van der Waals surface area contributed by atoms with Crippen molar-refractivity contribution in [3.05, 3.63) is 75.4 Å². The highest BCUT2D eigenvalue weighted by Gasteiger charge is 2.18. The zero-order valence-electron chi connectivity index (χ0n) is 14.3. The minimum absolute atomic E-state index is 0.222. The molecule has 0 spiro atoms. The minimum Gasteiger partial charge on any atom is -0.324 e. The molecule has 1 aromatic heterocycles. The van der Waals surface area contributed by atoms with E-state index in [4.69, 9.17) is 0 Å². The number of nitrogens with one attached hydrogen (secondary N) is 2. The SMILES string of the molecule is C[C@@H](C(=O)Nc1ccc(Br)cc1)n1ccc(C(=O)Nc2ccc(Br)cc2)n1. The Hall–Kier alpha value is -2.45. The Morgan fingerprint density at radius 2 is 1.41 bits per heavy atom. The van der Waals surface area contributed by atoms with Crippen LogP contribution in [-0.2, 0) is 4.79 Å². The van der Waals surface area contributed by atoms with Crippen molar-refractivity contribution in [2.45, 2.75) is 13.0 Å². The van der Waals surface area contributed by atoms with Gasteiger partial charge in [-0.3, -0.25) is 14.3 Å². The van der Waals surface area contributed by atoms with Gasteiger partial charge in [-0.25, -0.2) is 0 Å². The first kappa shape index (κ1) is 19.3. The van der Waals surface area contributed by atoms with Crippen LogP contribution in [0.3, 0.4) is 0 Å². The summed E-state index contributed by atoms with van der Waals surface area (Å²) in [6.07, 6.45) is 1.61. The van der Waals surface area contributed by atoms with Gasteiger partial charge in [0.25, 0.3) is 5.91 Å². The van der Waals surface area contributed by atoms with Gasteiger partial charge in [-0.05, 0) is 61.5 Å². The number of carbonyl (C=O) groups is 2. The summed E-state index contributed by atoms with van der Waals surface area (Å²) in [5.74, 6) is -0.558. The van der Waals surface area contributed by atoms with E-state index in [0.29, 0.717) is 11.4 Å². The molecule has 0 aliphatic carbocycles. The molecule has 138 valence electrons. The molecule has 1 atom stereocenters. The van der Waals surface area contributed by atoms with Gasteiger partial charge in [-0.2, -0.15) is 5.10 Å². The second-order valence-corrected chi connectivity index (χ2v) is 7.65. The van der Waals surface area contributed by atoms with E-state index in [9.17, 15) is 9.59 Å². The van der Waals surface area contributed by atoms with Crippen LogP contribution in [0.1, 0.15) is 23.5 Å². The van der Waals surface area contributed by atoms with Crippen molar-refractivity contribution >= 4 is 55.0 Å². The van der Waals surface area contributed by atoms with Crippen LogP contribution in [0.4, 0.5) is 11.4 Å². The minimum atomic E-state index is -0.567. The molecule has 1 heterocycles. The van der Waals surface area contributed by atoms with Crippen molar-refractivity contribution in [1.82, 2.24) is 9.78 Å². The van der Waals surface area contributed by atoms with Crippen molar-refractivity contribution in [2.24, 2.45) is 0 Å². The van der Waals surface area contributed by atoms with Crippen LogP contribution in [0.5, 0.6) is 0 Å². The second-order valence-electron chi connectivity index (χ2n) is 5.81. The molecule has 0 radical (unpaired) electrons. The van der Waals surface area contributed by atoms with Gasteiger partial charge in [0.05, 0.1) is 0 Å². The summed E-state index contributed by atoms with van der Waals surface area (Å²) in [7, 11) is 0. The quantitative estimate of drug-likeness (QED) is 0.535. The number of carbonyl (C=O) groups excluding carboxylic acids is 2. The van der Waals surface area contributed by atoms with Gasteiger partial charge in [0, 0.05) is 26.5 Å². The van der Waals surface area contributed by atoms with Crippen LogP contribution in [-0.4, -0.2) is 21.6 Å². The van der Waals surface area contributed by atoms with Gasteiger partial charge in [0.15, 0.2) is 5.69 Å². The molecular weight excluding hydrogens is 476 g/mol. The first-order valence-electron chi connectivity index (χ1n) is 8.11. The normalized spacial score (nSPS) is 11.7. The molecular formula is C19H16Br2N4O2. The fraction of sp³-hybridized carbons (Fsp3) is 0.105. The Kier molecular flexibility index (Phi) is 6.08. The van der Waals surface area contributed by atoms with Crippen molar-refractivity contribution < 1.29 is 9.59 Å². The number of aromatic nitrogens is 2. The van der Waals surface area contributed by atoms with Gasteiger partial charge < -0.3 is 10.6 Å². The van der Waals surface area contributed by atoms with Crippen LogP contribution in [0, 0.1) is 0 Å². The van der Waals surface area contributed by atoms with E-state index in [1.54, 1.807) is 43.5 Å². The maximum atomic E-state index is 12.4. The highest BCUT2D eigenvalue weighted by Crippen LogP contribution is 2.17. The zero-order chi connectivity index (χ0) is 19.4. The number of rotatable bonds is 5. The monoisotopic (exact) mass is 490 g/mol. The summed E-state index contributed by atoms with van der Waals surface area (Å²) < 4.78 is 3.32. The summed E-state index contributed by atoms with van der Waals surface area (Å²) in [6, 6.07) is 15.5. The van der Waals surface area contributed by atoms with Crippen LogP contribution in [0.25, 0.3) is 0 Å². The molecule has 8 heteroatoms. The third-order valence-corrected chi connectivity index (χ3v) is 4.89. The number of anilines is 2. The smallest absolute Gasteiger partial charge is 0.276 e. The number of benzene rings is 2. The molecule has 0 unspecified atom stereocenters. The highest BCUT2D eigenvalue weighted by molar-refractivity contribution is 9.10. The predicted molar refractivity (Wildman–Crippen MR) is 112 cm³/mol. The number of hydrogen-bond acceptors (Lipinski definition) is 3.